The number of aryl methyl sites for hydroxylation is 2. The number of esters is 2. The van der Waals surface area contributed by atoms with Crippen molar-refractivity contribution in [2.24, 2.45) is 0 Å². The van der Waals surface area contributed by atoms with Crippen molar-refractivity contribution in [3.05, 3.63) is 32.7 Å². The molecule has 1 unspecified atom stereocenters. The Kier molecular flexibility index (Phi) is 7.33. The number of thiophene rings is 1. The van der Waals surface area contributed by atoms with Crippen LogP contribution in [0.4, 0.5) is 4.79 Å². The van der Waals surface area contributed by atoms with Gasteiger partial charge in [-0.15, -0.1) is 11.3 Å². The average Bonchev–Trinajstić information content (AvgIpc) is 2.95. The number of amides is 2. The number of hydrogen-bond acceptors (Lipinski definition) is 7. The molecule has 0 spiro atoms. The molecule has 9 heteroatoms. The number of Topliss-reactive ketones (excluding diaryl/α,β-unsaturated/α-hetero) is 1. The molecule has 2 amide bonds. The second-order valence-corrected chi connectivity index (χ2v) is 7.80. The zero-order valence-corrected chi connectivity index (χ0v) is 17.2. The van der Waals surface area contributed by atoms with Crippen molar-refractivity contribution < 1.29 is 28.7 Å². The summed E-state index contributed by atoms with van der Waals surface area (Å²) in [5, 5.41) is 5.04. The van der Waals surface area contributed by atoms with Gasteiger partial charge in [0.2, 0.25) is 0 Å². The standard InChI is InChI=1S/C19H24N2O6S/c1-5-26-18(24)17-11(3)20-19(25)21-14(17)9-27-16(23)7-6-15(22)13-8-10(2)28-12(13)4/h8,11H,5-7,9H2,1-4H3,(H2,20,21,25). The van der Waals surface area contributed by atoms with Crippen molar-refractivity contribution >= 4 is 35.1 Å². The van der Waals surface area contributed by atoms with Crippen molar-refractivity contribution in [2.45, 2.75) is 46.6 Å². The van der Waals surface area contributed by atoms with Gasteiger partial charge in [-0.1, -0.05) is 0 Å². The Morgan fingerprint density at radius 2 is 1.89 bits per heavy atom. The van der Waals surface area contributed by atoms with Crippen molar-refractivity contribution in [1.82, 2.24) is 10.6 Å². The van der Waals surface area contributed by atoms with E-state index < -0.39 is 24.0 Å². The van der Waals surface area contributed by atoms with E-state index in [9.17, 15) is 19.2 Å². The van der Waals surface area contributed by atoms with Crippen LogP contribution in [0.25, 0.3) is 0 Å². The first kappa shape index (κ1) is 21.6. The zero-order valence-electron chi connectivity index (χ0n) is 16.3. The Labute approximate surface area is 167 Å². The molecular weight excluding hydrogens is 384 g/mol. The molecule has 0 fully saturated rings. The van der Waals surface area contributed by atoms with E-state index in [-0.39, 0.29) is 43.1 Å². The van der Waals surface area contributed by atoms with Crippen molar-refractivity contribution in [3.8, 4) is 0 Å². The minimum atomic E-state index is -0.591. The fourth-order valence-electron chi connectivity index (χ4n) is 2.88. The fourth-order valence-corrected chi connectivity index (χ4v) is 3.82. The van der Waals surface area contributed by atoms with Crippen LogP contribution < -0.4 is 10.6 Å². The fraction of sp³-hybridized carbons (Fsp3) is 0.474. The number of ketones is 1. The molecular formula is C19H24N2O6S. The van der Waals surface area contributed by atoms with Gasteiger partial charge < -0.3 is 20.1 Å². The Balaban J connectivity index is 1.96. The number of ether oxygens (including phenoxy) is 2. The predicted molar refractivity (Wildman–Crippen MR) is 103 cm³/mol. The van der Waals surface area contributed by atoms with Crippen LogP contribution in [-0.2, 0) is 19.1 Å². The van der Waals surface area contributed by atoms with Gasteiger partial charge in [-0.05, 0) is 33.8 Å². The van der Waals surface area contributed by atoms with E-state index in [1.54, 1.807) is 13.8 Å². The quantitative estimate of drug-likeness (QED) is 0.505. The van der Waals surface area contributed by atoms with Crippen molar-refractivity contribution in [3.63, 3.8) is 0 Å². The molecule has 0 saturated heterocycles. The van der Waals surface area contributed by atoms with Gasteiger partial charge in [-0.25, -0.2) is 9.59 Å². The molecule has 2 heterocycles. The van der Waals surface area contributed by atoms with Gasteiger partial charge in [-0.3, -0.25) is 9.59 Å². The van der Waals surface area contributed by atoms with Gasteiger partial charge in [0.15, 0.2) is 5.78 Å². The predicted octanol–water partition coefficient (Wildman–Crippen LogP) is 2.39. The molecule has 152 valence electrons. The molecule has 1 atom stereocenters. The molecule has 1 aliphatic rings. The van der Waals surface area contributed by atoms with Crippen LogP contribution in [0.1, 0.15) is 46.8 Å². The average molecular weight is 408 g/mol. The number of carbonyl (C=O) groups is 4. The summed E-state index contributed by atoms with van der Waals surface area (Å²) in [5.41, 5.74) is 1.01. The molecule has 0 bridgehead atoms. The minimum Gasteiger partial charge on any atom is -0.463 e. The summed E-state index contributed by atoms with van der Waals surface area (Å²) < 4.78 is 10.2. The maximum absolute atomic E-state index is 12.3. The molecule has 1 aromatic heterocycles. The molecule has 0 saturated carbocycles. The second kappa shape index (κ2) is 9.50. The first-order valence-corrected chi connectivity index (χ1v) is 9.78. The molecule has 0 radical (unpaired) electrons. The Hall–Kier alpha value is -2.68. The summed E-state index contributed by atoms with van der Waals surface area (Å²) in [7, 11) is 0. The van der Waals surface area contributed by atoms with Crippen molar-refractivity contribution in [2.75, 3.05) is 13.2 Å². The van der Waals surface area contributed by atoms with Gasteiger partial charge in [0.05, 0.1) is 30.3 Å². The van der Waals surface area contributed by atoms with Gasteiger partial charge in [0, 0.05) is 21.7 Å². The number of rotatable bonds is 8. The Bertz CT molecular complexity index is 826. The van der Waals surface area contributed by atoms with Gasteiger partial charge in [-0.2, -0.15) is 0 Å². The van der Waals surface area contributed by atoms with Crippen LogP contribution in [0.2, 0.25) is 0 Å². The van der Waals surface area contributed by atoms with Crippen LogP contribution in [0.3, 0.4) is 0 Å². The summed E-state index contributed by atoms with van der Waals surface area (Å²) in [6, 6.07) is 0.744. The lowest BCUT2D eigenvalue weighted by Gasteiger charge is -2.26. The summed E-state index contributed by atoms with van der Waals surface area (Å²) in [6.45, 7) is 7.00. The molecule has 1 aliphatic heterocycles. The molecule has 8 nitrogen and oxygen atoms in total. The topological polar surface area (TPSA) is 111 Å². The van der Waals surface area contributed by atoms with E-state index >= 15 is 0 Å². The number of urea groups is 1. The maximum atomic E-state index is 12.3. The lowest BCUT2D eigenvalue weighted by molar-refractivity contribution is -0.143. The lowest BCUT2D eigenvalue weighted by atomic mass is 10.0. The van der Waals surface area contributed by atoms with Gasteiger partial charge in [0.25, 0.3) is 0 Å². The number of nitrogens with one attached hydrogen (secondary N) is 2. The van der Waals surface area contributed by atoms with E-state index in [0.717, 1.165) is 9.75 Å². The van der Waals surface area contributed by atoms with E-state index in [0.29, 0.717) is 5.56 Å². The van der Waals surface area contributed by atoms with Crippen LogP contribution in [-0.4, -0.2) is 43.0 Å². The van der Waals surface area contributed by atoms with Gasteiger partial charge in [0.1, 0.15) is 6.61 Å². The van der Waals surface area contributed by atoms with E-state index in [2.05, 4.69) is 10.6 Å². The molecule has 2 rings (SSSR count). The normalized spacial score (nSPS) is 16.3. The van der Waals surface area contributed by atoms with E-state index in [4.69, 9.17) is 9.47 Å². The summed E-state index contributed by atoms with van der Waals surface area (Å²) >= 11 is 1.54. The second-order valence-electron chi connectivity index (χ2n) is 6.34. The number of carbonyl (C=O) groups excluding carboxylic acids is 4. The highest BCUT2D eigenvalue weighted by Crippen LogP contribution is 2.22. The van der Waals surface area contributed by atoms with E-state index in [1.807, 2.05) is 19.9 Å². The minimum absolute atomic E-state index is 0.0317. The summed E-state index contributed by atoms with van der Waals surface area (Å²) in [6.07, 6.45) is -0.0547. The van der Waals surface area contributed by atoms with Crippen LogP contribution in [0.15, 0.2) is 17.3 Å². The Morgan fingerprint density at radius 3 is 2.50 bits per heavy atom. The third-order valence-electron chi connectivity index (χ3n) is 4.14. The third kappa shape index (κ3) is 5.41. The zero-order chi connectivity index (χ0) is 20.8. The van der Waals surface area contributed by atoms with Crippen molar-refractivity contribution in [1.29, 1.82) is 0 Å². The molecule has 0 aromatic carbocycles. The number of hydrogen-bond donors (Lipinski definition) is 2. The maximum Gasteiger partial charge on any atom is 0.338 e. The SMILES string of the molecule is CCOC(=O)C1=C(COC(=O)CCC(=O)c2cc(C)sc2C)NC(=O)NC1C. The molecule has 1 aromatic rings. The Morgan fingerprint density at radius 1 is 1.18 bits per heavy atom. The first-order valence-electron chi connectivity index (χ1n) is 8.96. The molecule has 28 heavy (non-hydrogen) atoms. The lowest BCUT2D eigenvalue weighted by Crippen LogP contribution is -2.50. The highest BCUT2D eigenvalue weighted by atomic mass is 32.1. The third-order valence-corrected chi connectivity index (χ3v) is 5.11. The first-order chi connectivity index (χ1) is 13.2. The monoisotopic (exact) mass is 408 g/mol. The van der Waals surface area contributed by atoms with Crippen LogP contribution >= 0.6 is 11.3 Å². The summed E-state index contributed by atoms with van der Waals surface area (Å²) in [4.78, 5) is 50.0. The molecule has 2 N–H and O–H groups in total. The highest BCUT2D eigenvalue weighted by Gasteiger charge is 2.30. The van der Waals surface area contributed by atoms with Crippen LogP contribution in [0, 0.1) is 13.8 Å². The van der Waals surface area contributed by atoms with Crippen LogP contribution in [0.5, 0.6) is 0 Å². The molecule has 0 aliphatic carbocycles. The van der Waals surface area contributed by atoms with E-state index in [1.165, 1.54) is 11.3 Å². The highest BCUT2D eigenvalue weighted by molar-refractivity contribution is 7.12. The smallest absolute Gasteiger partial charge is 0.338 e. The summed E-state index contributed by atoms with van der Waals surface area (Å²) in [5.74, 6) is -1.30. The largest absolute Gasteiger partial charge is 0.463 e. The van der Waals surface area contributed by atoms with Gasteiger partial charge >= 0.3 is 18.0 Å².